The van der Waals surface area contributed by atoms with Gasteiger partial charge in [0, 0.05) is 24.3 Å². The van der Waals surface area contributed by atoms with Crippen molar-refractivity contribution >= 4 is 17.7 Å². The van der Waals surface area contributed by atoms with Crippen molar-refractivity contribution in [1.82, 2.24) is 4.90 Å². The molecule has 2 fully saturated rings. The first-order chi connectivity index (χ1) is 7.22. The molecule has 0 radical (unpaired) electrons. The first-order valence-corrected chi connectivity index (χ1v) is 6.96. The molecule has 0 aliphatic carbocycles. The van der Waals surface area contributed by atoms with E-state index in [4.69, 9.17) is 5.73 Å². The van der Waals surface area contributed by atoms with Crippen molar-refractivity contribution in [2.45, 2.75) is 25.8 Å². The zero-order valence-corrected chi connectivity index (χ0v) is 10.1. The van der Waals surface area contributed by atoms with Crippen LogP contribution in [0.2, 0.25) is 0 Å². The first-order valence-electron chi connectivity index (χ1n) is 5.80. The molecule has 2 aliphatic rings. The van der Waals surface area contributed by atoms with E-state index in [-0.39, 0.29) is 5.92 Å². The number of carbonyl (C=O) groups is 1. The van der Waals surface area contributed by atoms with Crippen LogP contribution >= 0.6 is 11.8 Å². The maximum atomic E-state index is 12.2. The van der Waals surface area contributed by atoms with Crippen LogP contribution in [0, 0.1) is 11.8 Å². The van der Waals surface area contributed by atoms with Crippen molar-refractivity contribution in [3.8, 4) is 0 Å². The second-order valence-electron chi connectivity index (χ2n) is 4.74. The zero-order valence-electron chi connectivity index (χ0n) is 9.32. The fourth-order valence-electron chi connectivity index (χ4n) is 2.58. The van der Waals surface area contributed by atoms with E-state index in [9.17, 15) is 4.79 Å². The Morgan fingerprint density at radius 3 is 2.93 bits per heavy atom. The molecule has 0 spiro atoms. The third-order valence-corrected chi connectivity index (χ3v) is 4.72. The maximum absolute atomic E-state index is 12.2. The van der Waals surface area contributed by atoms with Crippen LogP contribution in [0.3, 0.4) is 0 Å². The second kappa shape index (κ2) is 4.74. The Hall–Kier alpha value is -0.220. The van der Waals surface area contributed by atoms with Gasteiger partial charge in [0.25, 0.3) is 0 Å². The molecule has 15 heavy (non-hydrogen) atoms. The lowest BCUT2D eigenvalue weighted by Gasteiger charge is -2.24. The van der Waals surface area contributed by atoms with Gasteiger partial charge in [0.2, 0.25) is 5.91 Å². The fraction of sp³-hybridized carbons (Fsp3) is 0.909. The van der Waals surface area contributed by atoms with Crippen molar-refractivity contribution in [1.29, 1.82) is 0 Å². The highest BCUT2D eigenvalue weighted by Gasteiger charge is 2.35. The SMILES string of the molecule is CC1CC(CN)CN1C(=O)C1CCSC1. The van der Waals surface area contributed by atoms with E-state index in [2.05, 4.69) is 11.8 Å². The third-order valence-electron chi connectivity index (χ3n) is 3.56. The van der Waals surface area contributed by atoms with Crippen LogP contribution in [-0.4, -0.2) is 41.4 Å². The molecule has 2 rings (SSSR count). The van der Waals surface area contributed by atoms with Gasteiger partial charge in [-0.3, -0.25) is 4.79 Å². The highest BCUT2D eigenvalue weighted by molar-refractivity contribution is 7.99. The van der Waals surface area contributed by atoms with Gasteiger partial charge in [0.1, 0.15) is 0 Å². The minimum absolute atomic E-state index is 0.286. The van der Waals surface area contributed by atoms with E-state index in [0.29, 0.717) is 24.4 Å². The number of hydrogen-bond donors (Lipinski definition) is 1. The molecule has 2 aliphatic heterocycles. The summed E-state index contributed by atoms with van der Waals surface area (Å²) in [6, 6.07) is 0.400. The molecule has 3 unspecified atom stereocenters. The monoisotopic (exact) mass is 228 g/mol. The van der Waals surface area contributed by atoms with Crippen molar-refractivity contribution in [2.75, 3.05) is 24.6 Å². The summed E-state index contributed by atoms with van der Waals surface area (Å²) in [5, 5.41) is 0. The molecule has 4 heteroatoms. The molecular formula is C11H20N2OS. The molecule has 3 nitrogen and oxygen atoms in total. The summed E-state index contributed by atoms with van der Waals surface area (Å²) in [6.45, 7) is 3.75. The lowest BCUT2D eigenvalue weighted by atomic mass is 10.1. The van der Waals surface area contributed by atoms with Crippen LogP contribution in [0.5, 0.6) is 0 Å². The van der Waals surface area contributed by atoms with Gasteiger partial charge in [-0.2, -0.15) is 11.8 Å². The van der Waals surface area contributed by atoms with Crippen LogP contribution in [0.1, 0.15) is 19.8 Å². The van der Waals surface area contributed by atoms with Crippen LogP contribution in [0.4, 0.5) is 0 Å². The predicted molar refractivity (Wildman–Crippen MR) is 63.8 cm³/mol. The summed E-state index contributed by atoms with van der Waals surface area (Å²) in [4.78, 5) is 14.3. The molecule has 1 amide bonds. The standard InChI is InChI=1S/C11H20N2OS/c1-8-4-9(5-12)6-13(8)11(14)10-2-3-15-7-10/h8-10H,2-7,12H2,1H3. The van der Waals surface area contributed by atoms with Gasteiger partial charge >= 0.3 is 0 Å². The van der Waals surface area contributed by atoms with Crippen molar-refractivity contribution in [3.05, 3.63) is 0 Å². The van der Waals surface area contributed by atoms with Gasteiger partial charge in [-0.15, -0.1) is 0 Å². The minimum atomic E-state index is 0.286. The molecule has 0 aromatic rings. The summed E-state index contributed by atoms with van der Waals surface area (Å²) in [6.07, 6.45) is 2.15. The lowest BCUT2D eigenvalue weighted by Crippen LogP contribution is -2.38. The lowest BCUT2D eigenvalue weighted by molar-refractivity contribution is -0.135. The quantitative estimate of drug-likeness (QED) is 0.765. The van der Waals surface area contributed by atoms with Crippen molar-refractivity contribution in [3.63, 3.8) is 0 Å². The molecule has 0 aromatic carbocycles. The molecule has 0 saturated carbocycles. The Bertz CT molecular complexity index is 241. The van der Waals surface area contributed by atoms with Gasteiger partial charge in [-0.1, -0.05) is 0 Å². The second-order valence-corrected chi connectivity index (χ2v) is 5.89. The van der Waals surface area contributed by atoms with E-state index < -0.39 is 0 Å². The molecule has 3 atom stereocenters. The summed E-state index contributed by atoms with van der Waals surface area (Å²) in [5.41, 5.74) is 5.67. The number of carbonyl (C=O) groups excluding carboxylic acids is 1. The Balaban J connectivity index is 1.95. The molecule has 2 N–H and O–H groups in total. The first kappa shape index (κ1) is 11.3. The highest BCUT2D eigenvalue weighted by atomic mass is 32.2. The van der Waals surface area contributed by atoms with E-state index >= 15 is 0 Å². The zero-order chi connectivity index (χ0) is 10.8. The topological polar surface area (TPSA) is 46.3 Å². The van der Waals surface area contributed by atoms with Gasteiger partial charge in [0.05, 0.1) is 0 Å². The van der Waals surface area contributed by atoms with Crippen molar-refractivity contribution < 1.29 is 4.79 Å². The summed E-state index contributed by atoms with van der Waals surface area (Å²) in [5.74, 6) is 3.37. The van der Waals surface area contributed by atoms with Crippen LogP contribution in [0.25, 0.3) is 0 Å². The molecular weight excluding hydrogens is 208 g/mol. The van der Waals surface area contributed by atoms with Crippen LogP contribution < -0.4 is 5.73 Å². The molecule has 0 bridgehead atoms. The number of amides is 1. The number of hydrogen-bond acceptors (Lipinski definition) is 3. The average Bonchev–Trinajstić information content (AvgIpc) is 2.85. The van der Waals surface area contributed by atoms with Gasteiger partial charge in [0.15, 0.2) is 0 Å². The van der Waals surface area contributed by atoms with E-state index in [1.807, 2.05) is 11.8 Å². The van der Waals surface area contributed by atoms with E-state index in [1.165, 1.54) is 0 Å². The fourth-order valence-corrected chi connectivity index (χ4v) is 3.80. The van der Waals surface area contributed by atoms with Gasteiger partial charge in [-0.25, -0.2) is 0 Å². The number of nitrogens with two attached hydrogens (primary N) is 1. The van der Waals surface area contributed by atoms with Gasteiger partial charge < -0.3 is 10.6 Å². The smallest absolute Gasteiger partial charge is 0.226 e. The number of likely N-dealkylation sites (tertiary alicyclic amines) is 1. The molecule has 2 heterocycles. The number of nitrogens with zero attached hydrogens (tertiary/aromatic N) is 1. The Morgan fingerprint density at radius 1 is 1.60 bits per heavy atom. The van der Waals surface area contributed by atoms with E-state index in [1.54, 1.807) is 0 Å². The molecule has 0 aromatic heterocycles. The summed E-state index contributed by atoms with van der Waals surface area (Å²) < 4.78 is 0. The van der Waals surface area contributed by atoms with Crippen LogP contribution in [-0.2, 0) is 4.79 Å². The van der Waals surface area contributed by atoms with Crippen molar-refractivity contribution in [2.24, 2.45) is 17.6 Å². The van der Waals surface area contributed by atoms with Gasteiger partial charge in [-0.05, 0) is 38.0 Å². The molecule has 2 saturated heterocycles. The Kier molecular flexibility index (Phi) is 3.57. The third kappa shape index (κ3) is 2.31. The number of thioether (sulfide) groups is 1. The van der Waals surface area contributed by atoms with Crippen LogP contribution in [0.15, 0.2) is 0 Å². The summed E-state index contributed by atoms with van der Waals surface area (Å²) >= 11 is 1.90. The minimum Gasteiger partial charge on any atom is -0.339 e. The number of rotatable bonds is 2. The largest absolute Gasteiger partial charge is 0.339 e. The summed E-state index contributed by atoms with van der Waals surface area (Å²) in [7, 11) is 0. The average molecular weight is 228 g/mol. The normalized spacial score (nSPS) is 36.1. The Labute approximate surface area is 95.8 Å². The predicted octanol–water partition coefficient (Wildman–Crippen LogP) is 0.935. The Morgan fingerprint density at radius 2 is 2.40 bits per heavy atom. The molecule has 86 valence electrons. The maximum Gasteiger partial charge on any atom is 0.226 e. The van der Waals surface area contributed by atoms with E-state index in [0.717, 1.165) is 30.9 Å². The highest BCUT2D eigenvalue weighted by Crippen LogP contribution is 2.29.